The Labute approximate surface area is 112 Å². The molecule has 0 atom stereocenters. The number of aromatic amines is 1. The standard InChI is InChI=1S/C15H17NO3/c1-17-13-9-11(6-7-12-5-4-8-16-12)10-14(18-2)15(13)19-3/h4-10,16H,1-3H3. The summed E-state index contributed by atoms with van der Waals surface area (Å²) in [6, 6.07) is 7.75. The largest absolute Gasteiger partial charge is 0.493 e. The lowest BCUT2D eigenvalue weighted by atomic mass is 10.1. The Morgan fingerprint density at radius 1 is 0.947 bits per heavy atom. The third kappa shape index (κ3) is 2.91. The van der Waals surface area contributed by atoms with E-state index < -0.39 is 0 Å². The van der Waals surface area contributed by atoms with Crippen molar-refractivity contribution in [2.75, 3.05) is 21.3 Å². The SMILES string of the molecule is COc1cc(C=Cc2ccc[nH]2)cc(OC)c1OC. The van der Waals surface area contributed by atoms with Crippen molar-refractivity contribution in [2.45, 2.75) is 0 Å². The van der Waals surface area contributed by atoms with E-state index >= 15 is 0 Å². The van der Waals surface area contributed by atoms with E-state index in [0.29, 0.717) is 17.2 Å². The van der Waals surface area contributed by atoms with Gasteiger partial charge in [0, 0.05) is 11.9 Å². The predicted molar refractivity (Wildman–Crippen MR) is 75.8 cm³/mol. The van der Waals surface area contributed by atoms with Crippen LogP contribution in [0.25, 0.3) is 12.2 Å². The Hall–Kier alpha value is -2.36. The van der Waals surface area contributed by atoms with Crippen molar-refractivity contribution >= 4 is 12.2 Å². The van der Waals surface area contributed by atoms with Crippen LogP contribution in [-0.4, -0.2) is 26.3 Å². The van der Waals surface area contributed by atoms with Crippen molar-refractivity contribution in [3.05, 3.63) is 41.7 Å². The summed E-state index contributed by atoms with van der Waals surface area (Å²) in [7, 11) is 4.81. The monoisotopic (exact) mass is 259 g/mol. The van der Waals surface area contributed by atoms with Gasteiger partial charge in [-0.2, -0.15) is 0 Å². The summed E-state index contributed by atoms with van der Waals surface area (Å²) in [6.45, 7) is 0. The minimum absolute atomic E-state index is 0.599. The number of ether oxygens (including phenoxy) is 3. The summed E-state index contributed by atoms with van der Waals surface area (Å²) >= 11 is 0. The lowest BCUT2D eigenvalue weighted by Gasteiger charge is -2.12. The molecule has 19 heavy (non-hydrogen) atoms. The predicted octanol–water partition coefficient (Wildman–Crippen LogP) is 3.21. The summed E-state index contributed by atoms with van der Waals surface area (Å²) in [4.78, 5) is 3.11. The fourth-order valence-corrected chi connectivity index (χ4v) is 1.83. The van der Waals surface area contributed by atoms with Crippen LogP contribution in [0.5, 0.6) is 17.2 Å². The highest BCUT2D eigenvalue weighted by Crippen LogP contribution is 2.38. The molecule has 1 aromatic heterocycles. The quantitative estimate of drug-likeness (QED) is 0.896. The molecule has 1 aromatic carbocycles. The van der Waals surface area contributed by atoms with E-state index in [1.54, 1.807) is 21.3 Å². The molecule has 0 aliphatic heterocycles. The number of hydrogen-bond acceptors (Lipinski definition) is 3. The van der Waals surface area contributed by atoms with E-state index in [9.17, 15) is 0 Å². The Kier molecular flexibility index (Phi) is 4.13. The fraction of sp³-hybridized carbons (Fsp3) is 0.200. The molecular weight excluding hydrogens is 242 g/mol. The molecule has 1 N–H and O–H groups in total. The highest BCUT2D eigenvalue weighted by molar-refractivity contribution is 5.71. The maximum atomic E-state index is 5.31. The van der Waals surface area contributed by atoms with Gasteiger partial charge in [0.15, 0.2) is 11.5 Å². The number of aromatic nitrogens is 1. The Morgan fingerprint density at radius 3 is 2.11 bits per heavy atom. The Balaban J connectivity index is 2.36. The van der Waals surface area contributed by atoms with Gasteiger partial charge in [0.1, 0.15) is 0 Å². The average Bonchev–Trinajstić information content (AvgIpc) is 2.97. The Bertz CT molecular complexity index is 534. The number of H-pyrrole nitrogens is 1. The van der Waals surface area contributed by atoms with E-state index in [2.05, 4.69) is 4.98 Å². The molecule has 0 aliphatic rings. The van der Waals surface area contributed by atoms with Crippen LogP contribution in [0.15, 0.2) is 30.5 Å². The van der Waals surface area contributed by atoms with Gasteiger partial charge in [-0.05, 0) is 35.9 Å². The zero-order chi connectivity index (χ0) is 13.7. The molecule has 0 saturated carbocycles. The molecule has 0 aliphatic carbocycles. The van der Waals surface area contributed by atoms with Gasteiger partial charge in [0.2, 0.25) is 5.75 Å². The molecule has 2 aromatic rings. The van der Waals surface area contributed by atoms with Gasteiger partial charge in [0.25, 0.3) is 0 Å². The first-order valence-electron chi connectivity index (χ1n) is 5.90. The first-order valence-corrected chi connectivity index (χ1v) is 5.90. The zero-order valence-corrected chi connectivity index (χ0v) is 11.3. The highest BCUT2D eigenvalue weighted by atomic mass is 16.5. The lowest BCUT2D eigenvalue weighted by molar-refractivity contribution is 0.324. The molecule has 0 spiro atoms. The van der Waals surface area contributed by atoms with E-state index in [-0.39, 0.29) is 0 Å². The van der Waals surface area contributed by atoms with Crippen LogP contribution in [0.1, 0.15) is 11.3 Å². The first kappa shape index (κ1) is 13.1. The van der Waals surface area contributed by atoms with Gasteiger partial charge in [-0.1, -0.05) is 6.08 Å². The van der Waals surface area contributed by atoms with Crippen LogP contribution < -0.4 is 14.2 Å². The van der Waals surface area contributed by atoms with Gasteiger partial charge in [-0.15, -0.1) is 0 Å². The molecular formula is C15H17NO3. The van der Waals surface area contributed by atoms with Crippen molar-refractivity contribution in [1.29, 1.82) is 0 Å². The van der Waals surface area contributed by atoms with E-state index in [0.717, 1.165) is 11.3 Å². The minimum atomic E-state index is 0.599. The third-order valence-electron chi connectivity index (χ3n) is 2.76. The van der Waals surface area contributed by atoms with Crippen molar-refractivity contribution in [2.24, 2.45) is 0 Å². The molecule has 4 nitrogen and oxygen atoms in total. The number of rotatable bonds is 5. The smallest absolute Gasteiger partial charge is 0.203 e. The number of nitrogens with one attached hydrogen (secondary N) is 1. The molecule has 0 radical (unpaired) electrons. The van der Waals surface area contributed by atoms with Crippen LogP contribution in [0, 0.1) is 0 Å². The van der Waals surface area contributed by atoms with E-state index in [4.69, 9.17) is 14.2 Å². The molecule has 100 valence electrons. The van der Waals surface area contributed by atoms with Gasteiger partial charge in [-0.3, -0.25) is 0 Å². The maximum absolute atomic E-state index is 5.31. The number of benzene rings is 1. The van der Waals surface area contributed by atoms with Crippen LogP contribution in [-0.2, 0) is 0 Å². The Morgan fingerprint density at radius 2 is 1.63 bits per heavy atom. The van der Waals surface area contributed by atoms with Crippen LogP contribution in [0.4, 0.5) is 0 Å². The second-order valence-electron chi connectivity index (χ2n) is 3.92. The molecule has 0 fully saturated rings. The van der Waals surface area contributed by atoms with Crippen LogP contribution >= 0.6 is 0 Å². The molecule has 0 saturated heterocycles. The molecule has 0 unspecified atom stereocenters. The van der Waals surface area contributed by atoms with Gasteiger partial charge >= 0.3 is 0 Å². The highest BCUT2D eigenvalue weighted by Gasteiger charge is 2.11. The molecule has 4 heteroatoms. The number of methoxy groups -OCH3 is 3. The normalized spacial score (nSPS) is 10.7. The van der Waals surface area contributed by atoms with Crippen molar-refractivity contribution in [3.8, 4) is 17.2 Å². The fourth-order valence-electron chi connectivity index (χ4n) is 1.83. The molecule has 0 amide bonds. The van der Waals surface area contributed by atoms with Crippen LogP contribution in [0.3, 0.4) is 0 Å². The molecule has 0 bridgehead atoms. The van der Waals surface area contributed by atoms with Gasteiger partial charge < -0.3 is 19.2 Å². The van der Waals surface area contributed by atoms with Crippen molar-refractivity contribution in [1.82, 2.24) is 4.98 Å². The topological polar surface area (TPSA) is 43.5 Å². The minimum Gasteiger partial charge on any atom is -0.493 e. The lowest BCUT2D eigenvalue weighted by Crippen LogP contribution is -1.95. The second kappa shape index (κ2) is 6.00. The van der Waals surface area contributed by atoms with E-state index in [1.165, 1.54) is 0 Å². The second-order valence-corrected chi connectivity index (χ2v) is 3.92. The number of hydrogen-bond donors (Lipinski definition) is 1. The molecule has 1 heterocycles. The summed E-state index contributed by atoms with van der Waals surface area (Å²) < 4.78 is 15.9. The summed E-state index contributed by atoms with van der Waals surface area (Å²) in [5.74, 6) is 1.89. The third-order valence-corrected chi connectivity index (χ3v) is 2.76. The first-order chi connectivity index (χ1) is 9.28. The average molecular weight is 259 g/mol. The summed E-state index contributed by atoms with van der Waals surface area (Å²) in [5, 5.41) is 0. The van der Waals surface area contributed by atoms with E-state index in [1.807, 2.05) is 42.6 Å². The van der Waals surface area contributed by atoms with Crippen LogP contribution in [0.2, 0.25) is 0 Å². The van der Waals surface area contributed by atoms with Crippen molar-refractivity contribution in [3.63, 3.8) is 0 Å². The maximum Gasteiger partial charge on any atom is 0.203 e. The van der Waals surface area contributed by atoms with Gasteiger partial charge in [0.05, 0.1) is 21.3 Å². The summed E-state index contributed by atoms with van der Waals surface area (Å²) in [5.41, 5.74) is 2.01. The van der Waals surface area contributed by atoms with Gasteiger partial charge in [-0.25, -0.2) is 0 Å². The van der Waals surface area contributed by atoms with Crippen molar-refractivity contribution < 1.29 is 14.2 Å². The summed E-state index contributed by atoms with van der Waals surface area (Å²) in [6.07, 6.45) is 5.85. The zero-order valence-electron chi connectivity index (χ0n) is 11.3. The molecule has 2 rings (SSSR count).